The molecular weight excluding hydrogens is 272 g/mol. The lowest BCUT2D eigenvalue weighted by Crippen LogP contribution is -2.39. The maximum Gasteiger partial charge on any atom is 0.241 e. The van der Waals surface area contributed by atoms with E-state index < -0.39 is 6.04 Å². The third-order valence-corrected chi connectivity index (χ3v) is 3.16. The predicted molar refractivity (Wildman–Crippen MR) is 86.9 cm³/mol. The molecule has 114 valence electrons. The molecular formula is C16H27ClN2O. The van der Waals surface area contributed by atoms with Crippen LogP contribution in [0.3, 0.4) is 0 Å². The summed E-state index contributed by atoms with van der Waals surface area (Å²) in [6, 6.07) is 9.03. The minimum Gasteiger partial charge on any atom is -0.352 e. The molecule has 3 nitrogen and oxygen atoms in total. The van der Waals surface area contributed by atoms with E-state index in [9.17, 15) is 4.79 Å². The lowest BCUT2D eigenvalue weighted by Gasteiger charge is -2.22. The second-order valence-electron chi connectivity index (χ2n) is 6.40. The van der Waals surface area contributed by atoms with Crippen molar-refractivity contribution >= 4 is 18.3 Å². The van der Waals surface area contributed by atoms with Crippen molar-refractivity contribution in [1.82, 2.24) is 5.32 Å². The van der Waals surface area contributed by atoms with Crippen LogP contribution in [0.4, 0.5) is 0 Å². The van der Waals surface area contributed by atoms with Gasteiger partial charge >= 0.3 is 0 Å². The molecule has 0 saturated heterocycles. The van der Waals surface area contributed by atoms with Gasteiger partial charge in [0.15, 0.2) is 0 Å². The summed E-state index contributed by atoms with van der Waals surface area (Å²) in [4.78, 5) is 12.0. The standard InChI is InChI=1S/C16H26N2O.ClH/c1-12(10-11-16(2,3)4)18-15(19)14(17)13-8-6-5-7-9-13;/h5-9,12,14H,10-11,17H2,1-4H3,(H,18,19);1H. The first kappa shape index (κ1) is 18.9. The molecule has 1 rings (SSSR count). The fraction of sp³-hybridized carbons (Fsp3) is 0.562. The molecule has 1 aromatic carbocycles. The maximum absolute atomic E-state index is 12.0. The van der Waals surface area contributed by atoms with E-state index in [1.165, 1.54) is 0 Å². The highest BCUT2D eigenvalue weighted by atomic mass is 35.5. The van der Waals surface area contributed by atoms with Gasteiger partial charge in [-0.1, -0.05) is 51.1 Å². The van der Waals surface area contributed by atoms with Crippen LogP contribution in [0.1, 0.15) is 52.1 Å². The van der Waals surface area contributed by atoms with Crippen LogP contribution in [0.2, 0.25) is 0 Å². The van der Waals surface area contributed by atoms with Crippen molar-refractivity contribution in [3.8, 4) is 0 Å². The Labute approximate surface area is 128 Å². The van der Waals surface area contributed by atoms with Gasteiger partial charge in [-0.3, -0.25) is 4.79 Å². The molecule has 0 aromatic heterocycles. The first-order chi connectivity index (χ1) is 8.79. The number of rotatable bonds is 5. The topological polar surface area (TPSA) is 55.1 Å². The molecule has 0 spiro atoms. The molecule has 0 saturated carbocycles. The van der Waals surface area contributed by atoms with Crippen molar-refractivity contribution in [3.05, 3.63) is 35.9 Å². The van der Waals surface area contributed by atoms with E-state index in [1.807, 2.05) is 37.3 Å². The Morgan fingerprint density at radius 2 is 1.80 bits per heavy atom. The second-order valence-corrected chi connectivity index (χ2v) is 6.40. The minimum absolute atomic E-state index is 0. The van der Waals surface area contributed by atoms with E-state index in [0.29, 0.717) is 5.41 Å². The third kappa shape index (κ3) is 6.92. The normalized spacial score (nSPS) is 14.1. The molecule has 4 heteroatoms. The smallest absolute Gasteiger partial charge is 0.241 e. The highest BCUT2D eigenvalue weighted by Crippen LogP contribution is 2.21. The van der Waals surface area contributed by atoms with E-state index in [4.69, 9.17) is 5.73 Å². The van der Waals surface area contributed by atoms with Gasteiger partial charge in [0.05, 0.1) is 0 Å². The molecule has 0 aliphatic carbocycles. The molecule has 1 amide bonds. The summed E-state index contributed by atoms with van der Waals surface area (Å²) >= 11 is 0. The highest BCUT2D eigenvalue weighted by molar-refractivity contribution is 5.85. The van der Waals surface area contributed by atoms with Gasteiger partial charge in [0, 0.05) is 6.04 Å². The van der Waals surface area contributed by atoms with Crippen LogP contribution in [0, 0.1) is 5.41 Å². The molecule has 0 radical (unpaired) electrons. The van der Waals surface area contributed by atoms with E-state index >= 15 is 0 Å². The van der Waals surface area contributed by atoms with E-state index in [-0.39, 0.29) is 24.4 Å². The fourth-order valence-electron chi connectivity index (χ4n) is 1.87. The zero-order valence-electron chi connectivity index (χ0n) is 12.8. The number of hydrogen-bond donors (Lipinski definition) is 2. The lowest BCUT2D eigenvalue weighted by molar-refractivity contribution is -0.123. The van der Waals surface area contributed by atoms with Crippen molar-refractivity contribution in [2.75, 3.05) is 0 Å². The Hall–Kier alpha value is -1.06. The maximum atomic E-state index is 12.0. The second kappa shape index (κ2) is 8.28. The summed E-state index contributed by atoms with van der Waals surface area (Å²) in [5.41, 5.74) is 7.10. The number of carbonyl (C=O) groups is 1. The number of nitrogens with one attached hydrogen (secondary N) is 1. The van der Waals surface area contributed by atoms with Crippen LogP contribution >= 0.6 is 12.4 Å². The quantitative estimate of drug-likeness (QED) is 0.875. The van der Waals surface area contributed by atoms with Gasteiger partial charge in [-0.05, 0) is 30.7 Å². The summed E-state index contributed by atoms with van der Waals surface area (Å²) in [6.45, 7) is 8.65. The van der Waals surface area contributed by atoms with Crippen molar-refractivity contribution in [3.63, 3.8) is 0 Å². The third-order valence-electron chi connectivity index (χ3n) is 3.16. The van der Waals surface area contributed by atoms with Gasteiger partial charge in [0.1, 0.15) is 6.04 Å². The first-order valence-corrected chi connectivity index (χ1v) is 6.90. The zero-order chi connectivity index (χ0) is 14.5. The number of halogens is 1. The van der Waals surface area contributed by atoms with Crippen LogP contribution in [0.15, 0.2) is 30.3 Å². The Morgan fingerprint density at radius 1 is 1.25 bits per heavy atom. The number of amides is 1. The highest BCUT2D eigenvalue weighted by Gasteiger charge is 2.18. The molecule has 1 aromatic rings. The summed E-state index contributed by atoms with van der Waals surface area (Å²) in [6.07, 6.45) is 2.05. The molecule has 0 heterocycles. The Balaban J connectivity index is 0.00000361. The fourth-order valence-corrected chi connectivity index (χ4v) is 1.87. The predicted octanol–water partition coefficient (Wildman–Crippen LogP) is 3.44. The van der Waals surface area contributed by atoms with Gasteiger partial charge in [-0.25, -0.2) is 0 Å². The molecule has 2 unspecified atom stereocenters. The van der Waals surface area contributed by atoms with Gasteiger partial charge < -0.3 is 11.1 Å². The van der Waals surface area contributed by atoms with Gasteiger partial charge in [-0.15, -0.1) is 12.4 Å². The van der Waals surface area contributed by atoms with Crippen LogP contribution in [-0.4, -0.2) is 11.9 Å². The Kier molecular flexibility index (Phi) is 7.84. The monoisotopic (exact) mass is 298 g/mol. The number of carbonyl (C=O) groups excluding carboxylic acids is 1. The van der Waals surface area contributed by atoms with Crippen LogP contribution < -0.4 is 11.1 Å². The van der Waals surface area contributed by atoms with E-state index in [0.717, 1.165) is 18.4 Å². The summed E-state index contributed by atoms with van der Waals surface area (Å²) in [5.74, 6) is -0.104. The first-order valence-electron chi connectivity index (χ1n) is 6.90. The van der Waals surface area contributed by atoms with Crippen LogP contribution in [-0.2, 0) is 4.79 Å². The van der Waals surface area contributed by atoms with Crippen LogP contribution in [0.5, 0.6) is 0 Å². The van der Waals surface area contributed by atoms with Crippen molar-refractivity contribution in [2.45, 2.75) is 52.6 Å². The number of benzene rings is 1. The summed E-state index contributed by atoms with van der Waals surface area (Å²) in [7, 11) is 0. The minimum atomic E-state index is -0.585. The molecule has 0 bridgehead atoms. The Morgan fingerprint density at radius 3 is 2.30 bits per heavy atom. The summed E-state index contributed by atoms with van der Waals surface area (Å²) in [5, 5.41) is 2.99. The molecule has 20 heavy (non-hydrogen) atoms. The molecule has 0 aliphatic rings. The largest absolute Gasteiger partial charge is 0.352 e. The van der Waals surface area contributed by atoms with Gasteiger partial charge in [-0.2, -0.15) is 0 Å². The van der Waals surface area contributed by atoms with Gasteiger partial charge in [0.25, 0.3) is 0 Å². The molecule has 2 atom stereocenters. The molecule has 3 N–H and O–H groups in total. The van der Waals surface area contributed by atoms with Gasteiger partial charge in [0.2, 0.25) is 5.91 Å². The lowest BCUT2D eigenvalue weighted by atomic mass is 9.89. The number of nitrogens with two attached hydrogens (primary N) is 1. The van der Waals surface area contributed by atoms with Crippen molar-refractivity contribution in [1.29, 1.82) is 0 Å². The van der Waals surface area contributed by atoms with E-state index in [2.05, 4.69) is 26.1 Å². The Bertz CT molecular complexity index is 401. The van der Waals surface area contributed by atoms with E-state index in [1.54, 1.807) is 0 Å². The molecule has 0 aliphatic heterocycles. The van der Waals surface area contributed by atoms with Crippen molar-refractivity contribution in [2.24, 2.45) is 11.1 Å². The average Bonchev–Trinajstić information content (AvgIpc) is 2.35. The van der Waals surface area contributed by atoms with Crippen LogP contribution in [0.25, 0.3) is 0 Å². The molecule has 0 fully saturated rings. The summed E-state index contributed by atoms with van der Waals surface area (Å²) < 4.78 is 0. The SMILES string of the molecule is CC(CCC(C)(C)C)NC(=O)C(N)c1ccccc1.Cl. The number of hydrogen-bond acceptors (Lipinski definition) is 2. The van der Waals surface area contributed by atoms with Crippen molar-refractivity contribution < 1.29 is 4.79 Å². The zero-order valence-corrected chi connectivity index (χ0v) is 13.7. The average molecular weight is 299 g/mol.